The van der Waals surface area contributed by atoms with E-state index in [-0.39, 0.29) is 17.7 Å². The third kappa shape index (κ3) is 2.96. The summed E-state index contributed by atoms with van der Waals surface area (Å²) in [5, 5.41) is 6.48. The summed E-state index contributed by atoms with van der Waals surface area (Å²) in [7, 11) is 0. The average Bonchev–Trinajstić information content (AvgIpc) is 3.13. The Kier molecular flexibility index (Phi) is 4.39. The molecule has 2 N–H and O–H groups in total. The normalized spacial score (nSPS) is 25.1. The first kappa shape index (κ1) is 17.3. The highest BCUT2D eigenvalue weighted by Gasteiger charge is 2.45. The number of anilines is 2. The number of likely N-dealkylation sites (tertiary alicyclic amines) is 2. The summed E-state index contributed by atoms with van der Waals surface area (Å²) in [6.07, 6.45) is 2.25. The third-order valence-corrected chi connectivity index (χ3v) is 6.21. The van der Waals surface area contributed by atoms with Crippen molar-refractivity contribution in [3.63, 3.8) is 0 Å². The van der Waals surface area contributed by atoms with Gasteiger partial charge in [-0.25, -0.2) is 0 Å². The summed E-state index contributed by atoms with van der Waals surface area (Å²) < 4.78 is 0. The zero-order valence-electron chi connectivity index (χ0n) is 15.6. The summed E-state index contributed by atoms with van der Waals surface area (Å²) in [6, 6.07) is 8.28. The maximum Gasteiger partial charge on any atom is 0.250 e. The van der Waals surface area contributed by atoms with Gasteiger partial charge in [0.15, 0.2) is 0 Å². The Bertz CT molecular complexity index is 710. The third-order valence-electron chi connectivity index (χ3n) is 6.21. The van der Waals surface area contributed by atoms with Crippen molar-refractivity contribution in [2.75, 3.05) is 36.8 Å². The SMILES string of the molecule is CC(C)N1CC[C@@H](C(=O)N2CCC3(CC2)Nc2ccccc2NC3=O)C1. The lowest BCUT2D eigenvalue weighted by Gasteiger charge is -2.44. The molecule has 2 fully saturated rings. The topological polar surface area (TPSA) is 64.7 Å². The molecule has 1 atom stereocenters. The van der Waals surface area contributed by atoms with E-state index in [0.717, 1.165) is 30.9 Å². The second-order valence-electron chi connectivity index (χ2n) is 8.11. The monoisotopic (exact) mass is 356 g/mol. The smallest absolute Gasteiger partial charge is 0.250 e. The molecule has 26 heavy (non-hydrogen) atoms. The van der Waals surface area contributed by atoms with Gasteiger partial charge in [0, 0.05) is 25.7 Å². The molecule has 1 aromatic rings. The van der Waals surface area contributed by atoms with Gasteiger partial charge in [0.25, 0.3) is 0 Å². The molecule has 3 aliphatic rings. The van der Waals surface area contributed by atoms with E-state index in [1.807, 2.05) is 29.2 Å². The molecule has 6 heteroatoms. The van der Waals surface area contributed by atoms with Crippen LogP contribution in [0.4, 0.5) is 11.4 Å². The van der Waals surface area contributed by atoms with Gasteiger partial charge in [-0.15, -0.1) is 0 Å². The minimum Gasteiger partial charge on any atom is -0.369 e. The predicted octanol–water partition coefficient (Wildman–Crippen LogP) is 2.14. The van der Waals surface area contributed by atoms with Crippen LogP contribution in [0.15, 0.2) is 24.3 Å². The second-order valence-corrected chi connectivity index (χ2v) is 8.11. The van der Waals surface area contributed by atoms with Crippen LogP contribution in [0.1, 0.15) is 33.1 Å². The number of benzene rings is 1. The first-order valence-electron chi connectivity index (χ1n) is 9.70. The first-order valence-corrected chi connectivity index (χ1v) is 9.70. The highest BCUT2D eigenvalue weighted by Crippen LogP contribution is 2.36. The van der Waals surface area contributed by atoms with Gasteiger partial charge in [-0.05, 0) is 51.8 Å². The summed E-state index contributed by atoms with van der Waals surface area (Å²) in [5.74, 6) is 0.398. The molecule has 0 saturated carbocycles. The molecular formula is C20H28N4O2. The molecule has 3 heterocycles. The van der Waals surface area contributed by atoms with E-state index >= 15 is 0 Å². The van der Waals surface area contributed by atoms with Crippen molar-refractivity contribution in [1.29, 1.82) is 0 Å². The van der Waals surface area contributed by atoms with Gasteiger partial charge in [-0.3, -0.25) is 9.59 Å². The van der Waals surface area contributed by atoms with Gasteiger partial charge >= 0.3 is 0 Å². The zero-order valence-corrected chi connectivity index (χ0v) is 15.6. The molecule has 0 aliphatic carbocycles. The predicted molar refractivity (Wildman–Crippen MR) is 102 cm³/mol. The Morgan fingerprint density at radius 2 is 1.85 bits per heavy atom. The fourth-order valence-corrected chi connectivity index (χ4v) is 4.43. The summed E-state index contributed by atoms with van der Waals surface area (Å²) >= 11 is 0. The van der Waals surface area contributed by atoms with Crippen LogP contribution in [0.2, 0.25) is 0 Å². The van der Waals surface area contributed by atoms with E-state index in [9.17, 15) is 9.59 Å². The molecule has 4 rings (SSSR count). The Morgan fingerprint density at radius 1 is 1.15 bits per heavy atom. The lowest BCUT2D eigenvalue weighted by atomic mass is 9.84. The summed E-state index contributed by atoms with van der Waals surface area (Å²) in [6.45, 7) is 7.52. The van der Waals surface area contributed by atoms with E-state index in [2.05, 4.69) is 29.4 Å². The van der Waals surface area contributed by atoms with Crippen molar-refractivity contribution in [2.45, 2.75) is 44.7 Å². The van der Waals surface area contributed by atoms with Crippen molar-refractivity contribution in [2.24, 2.45) is 5.92 Å². The molecule has 2 amide bonds. The number of fused-ring (bicyclic) bond motifs is 1. The Morgan fingerprint density at radius 3 is 2.50 bits per heavy atom. The maximum atomic E-state index is 12.9. The Hall–Kier alpha value is -2.08. The lowest BCUT2D eigenvalue weighted by Crippen LogP contribution is -2.59. The number of para-hydroxylation sites is 2. The molecule has 2 saturated heterocycles. The fourth-order valence-electron chi connectivity index (χ4n) is 4.43. The largest absolute Gasteiger partial charge is 0.369 e. The summed E-state index contributed by atoms with van der Waals surface area (Å²) in [4.78, 5) is 29.9. The molecular weight excluding hydrogens is 328 g/mol. The Balaban J connectivity index is 1.40. The van der Waals surface area contributed by atoms with Gasteiger partial charge in [0.1, 0.15) is 5.54 Å². The van der Waals surface area contributed by atoms with E-state index in [4.69, 9.17) is 0 Å². The van der Waals surface area contributed by atoms with E-state index in [1.165, 1.54) is 0 Å². The van der Waals surface area contributed by atoms with Crippen LogP contribution in [-0.4, -0.2) is 59.4 Å². The molecule has 0 radical (unpaired) electrons. The van der Waals surface area contributed by atoms with Crippen molar-refractivity contribution < 1.29 is 9.59 Å². The molecule has 0 unspecified atom stereocenters. The zero-order chi connectivity index (χ0) is 18.3. The van der Waals surface area contributed by atoms with Crippen LogP contribution < -0.4 is 10.6 Å². The minimum absolute atomic E-state index is 0.0233. The van der Waals surface area contributed by atoms with Crippen molar-refractivity contribution in [1.82, 2.24) is 9.80 Å². The quantitative estimate of drug-likeness (QED) is 0.852. The number of hydrogen-bond donors (Lipinski definition) is 2. The van der Waals surface area contributed by atoms with Gasteiger partial charge < -0.3 is 20.4 Å². The number of carbonyl (C=O) groups is 2. The molecule has 140 valence electrons. The number of rotatable bonds is 2. The molecule has 0 bridgehead atoms. The molecule has 3 aliphatic heterocycles. The van der Waals surface area contributed by atoms with Crippen molar-refractivity contribution in [3.05, 3.63) is 24.3 Å². The van der Waals surface area contributed by atoms with Crippen LogP contribution in [-0.2, 0) is 9.59 Å². The molecule has 1 spiro atoms. The van der Waals surface area contributed by atoms with Crippen molar-refractivity contribution >= 4 is 23.2 Å². The van der Waals surface area contributed by atoms with E-state index in [1.54, 1.807) is 0 Å². The van der Waals surface area contributed by atoms with Crippen LogP contribution in [0.3, 0.4) is 0 Å². The van der Waals surface area contributed by atoms with E-state index in [0.29, 0.717) is 32.0 Å². The average molecular weight is 356 g/mol. The van der Waals surface area contributed by atoms with Crippen LogP contribution in [0.25, 0.3) is 0 Å². The molecule has 0 aromatic heterocycles. The molecule has 6 nitrogen and oxygen atoms in total. The highest BCUT2D eigenvalue weighted by molar-refractivity contribution is 6.06. The minimum atomic E-state index is -0.592. The van der Waals surface area contributed by atoms with Crippen molar-refractivity contribution in [3.8, 4) is 0 Å². The fraction of sp³-hybridized carbons (Fsp3) is 0.600. The van der Waals surface area contributed by atoms with Crippen LogP contribution >= 0.6 is 0 Å². The number of nitrogens with one attached hydrogen (secondary N) is 2. The van der Waals surface area contributed by atoms with Gasteiger partial charge in [0.2, 0.25) is 11.8 Å². The maximum absolute atomic E-state index is 12.9. The standard InChI is InChI=1S/C20H28N4O2/c1-14(2)24-10-7-15(13-24)18(25)23-11-8-20(9-12-23)19(26)21-16-5-3-4-6-17(16)22-20/h3-6,14-15,22H,7-13H2,1-2H3,(H,21,26)/t15-/m1/s1. The number of piperidine rings is 1. The molecule has 1 aromatic carbocycles. The number of carbonyl (C=O) groups excluding carboxylic acids is 2. The number of amides is 2. The lowest BCUT2D eigenvalue weighted by molar-refractivity contribution is -0.138. The van der Waals surface area contributed by atoms with Gasteiger partial charge in [-0.1, -0.05) is 12.1 Å². The van der Waals surface area contributed by atoms with Crippen LogP contribution in [0.5, 0.6) is 0 Å². The second kappa shape index (κ2) is 6.58. The van der Waals surface area contributed by atoms with Gasteiger partial charge in [-0.2, -0.15) is 0 Å². The highest BCUT2D eigenvalue weighted by atomic mass is 16.2. The van der Waals surface area contributed by atoms with E-state index < -0.39 is 5.54 Å². The number of hydrogen-bond acceptors (Lipinski definition) is 4. The van der Waals surface area contributed by atoms with Gasteiger partial charge in [0.05, 0.1) is 17.3 Å². The summed E-state index contributed by atoms with van der Waals surface area (Å²) in [5.41, 5.74) is 1.21. The Labute approximate surface area is 154 Å². The number of nitrogens with zero attached hydrogens (tertiary/aromatic N) is 2. The van der Waals surface area contributed by atoms with Crippen LogP contribution in [0, 0.1) is 5.92 Å². The first-order chi connectivity index (χ1) is 12.5.